The Balaban J connectivity index is 1.45. The quantitative estimate of drug-likeness (QED) is 0.523. The van der Waals surface area contributed by atoms with Crippen molar-refractivity contribution in [1.29, 1.82) is 0 Å². The van der Waals surface area contributed by atoms with E-state index >= 15 is 0 Å². The number of aliphatic hydroxyl groups is 4. The van der Waals surface area contributed by atoms with Crippen molar-refractivity contribution in [3.05, 3.63) is 65.7 Å². The van der Waals surface area contributed by atoms with Gasteiger partial charge in [-0.05, 0) is 29.7 Å². The Kier molecular flexibility index (Phi) is 7.38. The fraction of sp³-hybridized carbons (Fsp3) is 0.429. The molecule has 0 aliphatic carbocycles. The molecule has 0 unspecified atom stereocenters. The van der Waals surface area contributed by atoms with Crippen molar-refractivity contribution in [2.45, 2.75) is 43.7 Å². The molecule has 4 N–H and O–H groups in total. The molecule has 2 aromatic carbocycles. The van der Waals surface area contributed by atoms with Gasteiger partial charge in [-0.25, -0.2) is 0 Å². The van der Waals surface area contributed by atoms with Gasteiger partial charge in [0, 0.05) is 0 Å². The van der Waals surface area contributed by atoms with Crippen LogP contribution in [0.2, 0.25) is 0 Å². The topological polar surface area (TPSA) is 109 Å². The molecule has 3 rings (SSSR count). The van der Waals surface area contributed by atoms with Crippen LogP contribution in [0.5, 0.6) is 5.75 Å². The normalized spacial score (nSPS) is 27.5. The van der Waals surface area contributed by atoms with Gasteiger partial charge >= 0.3 is 0 Å². The minimum absolute atomic E-state index is 0.225. The number of benzene rings is 2. The lowest BCUT2D eigenvalue weighted by atomic mass is 9.99. The first kappa shape index (κ1) is 20.7. The predicted molar refractivity (Wildman–Crippen MR) is 101 cm³/mol. The van der Waals surface area contributed by atoms with Crippen LogP contribution in [0.3, 0.4) is 0 Å². The molecule has 0 saturated carbocycles. The maximum Gasteiger partial charge on any atom is 0.184 e. The second kappa shape index (κ2) is 9.97. The molecule has 0 amide bonds. The molecule has 7 heteroatoms. The first-order chi connectivity index (χ1) is 13.6. The van der Waals surface area contributed by atoms with Gasteiger partial charge in [0.2, 0.25) is 0 Å². The number of ether oxygens (including phenoxy) is 3. The van der Waals surface area contributed by atoms with E-state index < -0.39 is 37.3 Å². The van der Waals surface area contributed by atoms with Crippen molar-refractivity contribution in [3.63, 3.8) is 0 Å². The molecule has 0 bridgehead atoms. The van der Waals surface area contributed by atoms with Gasteiger partial charge in [0.25, 0.3) is 0 Å². The van der Waals surface area contributed by atoms with Crippen LogP contribution in [-0.4, -0.2) is 64.3 Å². The van der Waals surface area contributed by atoms with Crippen LogP contribution in [0.1, 0.15) is 11.1 Å². The van der Waals surface area contributed by atoms with E-state index in [9.17, 15) is 15.3 Å². The van der Waals surface area contributed by atoms with Gasteiger partial charge in [-0.1, -0.05) is 42.5 Å². The van der Waals surface area contributed by atoms with E-state index in [1.165, 1.54) is 0 Å². The van der Waals surface area contributed by atoms with Gasteiger partial charge in [-0.3, -0.25) is 0 Å². The Hall–Kier alpha value is -2.00. The summed E-state index contributed by atoms with van der Waals surface area (Å²) in [7, 11) is 0. The Morgan fingerprint density at radius 3 is 2.25 bits per heavy atom. The Morgan fingerprint density at radius 2 is 1.57 bits per heavy atom. The monoisotopic (exact) mass is 390 g/mol. The average molecular weight is 390 g/mol. The molecule has 1 fully saturated rings. The lowest BCUT2D eigenvalue weighted by Crippen LogP contribution is -2.59. The van der Waals surface area contributed by atoms with Gasteiger partial charge in [0.1, 0.15) is 36.8 Å². The third-order valence-electron chi connectivity index (χ3n) is 4.72. The van der Waals surface area contributed by atoms with Crippen molar-refractivity contribution < 1.29 is 34.6 Å². The highest BCUT2D eigenvalue weighted by Crippen LogP contribution is 2.22. The van der Waals surface area contributed by atoms with Crippen LogP contribution in [0, 0.1) is 0 Å². The fourth-order valence-corrected chi connectivity index (χ4v) is 3.06. The zero-order valence-electron chi connectivity index (χ0n) is 15.4. The van der Waals surface area contributed by atoms with E-state index in [4.69, 9.17) is 19.3 Å². The summed E-state index contributed by atoms with van der Waals surface area (Å²) in [5, 5.41) is 38.9. The van der Waals surface area contributed by atoms with Crippen LogP contribution in [0.15, 0.2) is 54.6 Å². The summed E-state index contributed by atoms with van der Waals surface area (Å²) in [5.41, 5.74) is 2.10. The molecule has 1 saturated heterocycles. The van der Waals surface area contributed by atoms with Crippen LogP contribution >= 0.6 is 0 Å². The van der Waals surface area contributed by atoms with E-state index in [-0.39, 0.29) is 6.61 Å². The molecule has 0 aromatic heterocycles. The molecular weight excluding hydrogens is 364 g/mol. The van der Waals surface area contributed by atoms with E-state index in [1.807, 2.05) is 54.6 Å². The van der Waals surface area contributed by atoms with Crippen molar-refractivity contribution in [1.82, 2.24) is 0 Å². The van der Waals surface area contributed by atoms with E-state index in [2.05, 4.69) is 0 Å². The zero-order valence-corrected chi connectivity index (χ0v) is 15.4. The Bertz CT molecular complexity index is 706. The van der Waals surface area contributed by atoms with Crippen LogP contribution in [0.25, 0.3) is 0 Å². The highest BCUT2D eigenvalue weighted by atomic mass is 16.7. The third kappa shape index (κ3) is 5.29. The minimum atomic E-state index is -1.41. The average Bonchev–Trinajstić information content (AvgIpc) is 2.73. The first-order valence-corrected chi connectivity index (χ1v) is 9.26. The largest absolute Gasteiger partial charge is 0.489 e. The van der Waals surface area contributed by atoms with Gasteiger partial charge < -0.3 is 34.6 Å². The van der Waals surface area contributed by atoms with Crippen LogP contribution in [0.4, 0.5) is 0 Å². The molecule has 2 aromatic rings. The smallest absolute Gasteiger partial charge is 0.184 e. The van der Waals surface area contributed by atoms with E-state index in [0.717, 1.165) is 16.9 Å². The van der Waals surface area contributed by atoms with Crippen LogP contribution in [-0.2, 0) is 22.5 Å². The van der Waals surface area contributed by atoms with Crippen molar-refractivity contribution in [3.8, 4) is 5.75 Å². The standard InChI is InChI=1S/C21H26O7/c22-12-17-18(23)19(24)20(21(25)28-17)26-11-10-14-6-8-16(9-7-14)27-13-15-4-2-1-3-5-15/h1-9,17-25H,10-13H2/t17-,18-,19+,20-,21-/m1/s1. The summed E-state index contributed by atoms with van der Waals surface area (Å²) in [6, 6.07) is 17.5. The predicted octanol–water partition coefficient (Wildman–Crippen LogP) is 0.625. The second-order valence-electron chi connectivity index (χ2n) is 6.73. The number of hydrogen-bond acceptors (Lipinski definition) is 7. The molecule has 1 aliphatic heterocycles. The van der Waals surface area contributed by atoms with E-state index in [0.29, 0.717) is 13.0 Å². The summed E-state index contributed by atoms with van der Waals surface area (Å²) in [5.74, 6) is 0.762. The maximum atomic E-state index is 10.1. The highest BCUT2D eigenvalue weighted by molar-refractivity contribution is 5.28. The summed E-state index contributed by atoms with van der Waals surface area (Å²) >= 11 is 0. The molecule has 0 radical (unpaired) electrons. The number of rotatable bonds is 8. The summed E-state index contributed by atoms with van der Waals surface area (Å²) in [6.07, 6.45) is -5.63. The molecular formula is C21H26O7. The second-order valence-corrected chi connectivity index (χ2v) is 6.73. The van der Waals surface area contributed by atoms with Gasteiger partial charge in [-0.15, -0.1) is 0 Å². The van der Waals surface area contributed by atoms with Gasteiger partial charge in [0.05, 0.1) is 13.2 Å². The zero-order chi connectivity index (χ0) is 19.9. The van der Waals surface area contributed by atoms with Crippen molar-refractivity contribution in [2.75, 3.05) is 13.2 Å². The number of hydrogen-bond donors (Lipinski definition) is 4. The third-order valence-corrected chi connectivity index (χ3v) is 4.72. The Labute approximate surface area is 163 Å². The molecule has 1 heterocycles. The van der Waals surface area contributed by atoms with Crippen molar-refractivity contribution >= 4 is 0 Å². The summed E-state index contributed by atoms with van der Waals surface area (Å²) in [4.78, 5) is 0. The molecule has 0 spiro atoms. The Morgan fingerprint density at radius 1 is 0.857 bits per heavy atom. The lowest BCUT2D eigenvalue weighted by molar-refractivity contribution is -0.296. The van der Waals surface area contributed by atoms with Gasteiger partial charge in [0.15, 0.2) is 6.29 Å². The molecule has 28 heavy (non-hydrogen) atoms. The molecule has 7 nitrogen and oxygen atoms in total. The maximum absolute atomic E-state index is 10.1. The SMILES string of the molecule is OC[C@H]1O[C@@H](O)[C@H](OCCc2ccc(OCc3ccccc3)cc2)[C@@H](O)[C@@H]1O. The molecule has 1 aliphatic rings. The number of aliphatic hydroxyl groups excluding tert-OH is 4. The molecule has 152 valence electrons. The van der Waals surface area contributed by atoms with E-state index in [1.54, 1.807) is 0 Å². The van der Waals surface area contributed by atoms with Crippen molar-refractivity contribution in [2.24, 2.45) is 0 Å². The first-order valence-electron chi connectivity index (χ1n) is 9.26. The minimum Gasteiger partial charge on any atom is -0.489 e. The van der Waals surface area contributed by atoms with Crippen LogP contribution < -0.4 is 4.74 Å². The summed E-state index contributed by atoms with van der Waals surface area (Å²) < 4.78 is 16.3. The van der Waals surface area contributed by atoms with Gasteiger partial charge in [-0.2, -0.15) is 0 Å². The fourth-order valence-electron chi connectivity index (χ4n) is 3.06. The highest BCUT2D eigenvalue weighted by Gasteiger charge is 2.44. The summed E-state index contributed by atoms with van der Waals surface area (Å²) in [6.45, 7) is 0.224. The lowest BCUT2D eigenvalue weighted by Gasteiger charge is -2.39. The molecule has 5 atom stereocenters.